The number of benzene rings is 2. The van der Waals surface area contributed by atoms with E-state index in [9.17, 15) is 4.39 Å². The van der Waals surface area contributed by atoms with Gasteiger partial charge in [0.25, 0.3) is 0 Å². The number of rotatable bonds is 5. The number of halogens is 2. The zero-order valence-electron chi connectivity index (χ0n) is 11.5. The molecule has 0 aliphatic heterocycles. The van der Waals surface area contributed by atoms with Gasteiger partial charge < -0.3 is 10.1 Å². The third-order valence-corrected chi connectivity index (χ3v) is 3.40. The van der Waals surface area contributed by atoms with E-state index >= 15 is 0 Å². The number of nitrogens with one attached hydrogen (secondary N) is 1. The van der Waals surface area contributed by atoms with Gasteiger partial charge in [-0.25, -0.2) is 4.39 Å². The Bertz CT molecular complexity index is 568. The van der Waals surface area contributed by atoms with E-state index in [1.54, 1.807) is 6.07 Å². The van der Waals surface area contributed by atoms with Crippen LogP contribution in [0.2, 0.25) is 0 Å². The van der Waals surface area contributed by atoms with Crippen LogP contribution in [0.25, 0.3) is 0 Å². The molecule has 0 aliphatic carbocycles. The SMILES string of the molecule is CCNC(C)c1cccc(Oc2cc(F)cc(Br)c2)c1. The normalized spacial score (nSPS) is 12.2. The van der Waals surface area contributed by atoms with E-state index in [4.69, 9.17) is 4.74 Å². The van der Waals surface area contributed by atoms with Crippen molar-refractivity contribution < 1.29 is 9.13 Å². The van der Waals surface area contributed by atoms with Crippen molar-refractivity contribution in [3.8, 4) is 11.5 Å². The molecule has 2 aromatic carbocycles. The number of hydrogen-bond acceptors (Lipinski definition) is 2. The maximum atomic E-state index is 13.3. The molecule has 0 bridgehead atoms. The van der Waals surface area contributed by atoms with Crippen molar-refractivity contribution in [2.24, 2.45) is 0 Å². The minimum Gasteiger partial charge on any atom is -0.457 e. The summed E-state index contributed by atoms with van der Waals surface area (Å²) in [6.45, 7) is 5.08. The van der Waals surface area contributed by atoms with Gasteiger partial charge in [0, 0.05) is 16.6 Å². The van der Waals surface area contributed by atoms with Crippen LogP contribution >= 0.6 is 15.9 Å². The maximum Gasteiger partial charge on any atom is 0.131 e. The Morgan fingerprint density at radius 2 is 2.00 bits per heavy atom. The highest BCUT2D eigenvalue weighted by Crippen LogP contribution is 2.27. The largest absolute Gasteiger partial charge is 0.457 e. The minimum absolute atomic E-state index is 0.253. The van der Waals surface area contributed by atoms with Gasteiger partial charge in [0.15, 0.2) is 0 Å². The molecule has 4 heteroatoms. The summed E-state index contributed by atoms with van der Waals surface area (Å²) in [7, 11) is 0. The molecule has 2 aromatic rings. The molecule has 0 aromatic heterocycles. The lowest BCUT2D eigenvalue weighted by molar-refractivity contribution is 0.474. The van der Waals surface area contributed by atoms with Gasteiger partial charge in [0.2, 0.25) is 0 Å². The van der Waals surface area contributed by atoms with E-state index in [-0.39, 0.29) is 11.9 Å². The predicted octanol–water partition coefficient (Wildman–Crippen LogP) is 5.05. The van der Waals surface area contributed by atoms with Crippen molar-refractivity contribution in [1.29, 1.82) is 0 Å². The molecular weight excluding hydrogens is 321 g/mol. The molecular formula is C16H17BrFNO. The molecule has 0 spiro atoms. The summed E-state index contributed by atoms with van der Waals surface area (Å²) in [5.41, 5.74) is 1.14. The minimum atomic E-state index is -0.327. The van der Waals surface area contributed by atoms with Crippen LogP contribution < -0.4 is 10.1 Å². The van der Waals surface area contributed by atoms with Gasteiger partial charge in [-0.3, -0.25) is 0 Å². The molecule has 0 fully saturated rings. The fraction of sp³-hybridized carbons (Fsp3) is 0.250. The Morgan fingerprint density at radius 3 is 2.70 bits per heavy atom. The lowest BCUT2D eigenvalue weighted by Crippen LogP contribution is -2.17. The summed E-state index contributed by atoms with van der Waals surface area (Å²) in [6, 6.07) is 12.6. The first-order valence-corrected chi connectivity index (χ1v) is 7.35. The first-order valence-electron chi connectivity index (χ1n) is 6.55. The monoisotopic (exact) mass is 337 g/mol. The standard InChI is InChI=1S/C16H17BrFNO/c1-3-19-11(2)12-5-4-6-15(7-12)20-16-9-13(17)8-14(18)10-16/h4-11,19H,3H2,1-2H3. The quantitative estimate of drug-likeness (QED) is 0.824. The maximum absolute atomic E-state index is 13.3. The summed E-state index contributed by atoms with van der Waals surface area (Å²) in [4.78, 5) is 0. The van der Waals surface area contributed by atoms with Crippen LogP contribution in [0.15, 0.2) is 46.9 Å². The van der Waals surface area contributed by atoms with Crippen molar-refractivity contribution in [3.05, 3.63) is 58.3 Å². The molecule has 0 saturated heterocycles. The zero-order chi connectivity index (χ0) is 14.5. The Kier molecular flexibility index (Phi) is 5.15. The van der Waals surface area contributed by atoms with Gasteiger partial charge in [-0.05, 0) is 43.3 Å². The van der Waals surface area contributed by atoms with Crippen LogP contribution in [0, 0.1) is 5.82 Å². The third kappa shape index (κ3) is 4.05. The van der Waals surface area contributed by atoms with E-state index in [2.05, 4.69) is 35.1 Å². The van der Waals surface area contributed by atoms with Gasteiger partial charge in [-0.1, -0.05) is 35.0 Å². The highest BCUT2D eigenvalue weighted by molar-refractivity contribution is 9.10. The summed E-state index contributed by atoms with van der Waals surface area (Å²) < 4.78 is 19.7. The number of ether oxygens (including phenoxy) is 1. The first-order chi connectivity index (χ1) is 9.58. The molecule has 0 amide bonds. The van der Waals surface area contributed by atoms with E-state index in [0.29, 0.717) is 16.0 Å². The van der Waals surface area contributed by atoms with Crippen molar-refractivity contribution in [3.63, 3.8) is 0 Å². The number of hydrogen-bond donors (Lipinski definition) is 1. The molecule has 0 saturated carbocycles. The van der Waals surface area contributed by atoms with Gasteiger partial charge >= 0.3 is 0 Å². The average molecular weight is 338 g/mol. The van der Waals surface area contributed by atoms with Crippen molar-refractivity contribution >= 4 is 15.9 Å². The lowest BCUT2D eigenvalue weighted by atomic mass is 10.1. The molecule has 106 valence electrons. The molecule has 0 heterocycles. The molecule has 0 radical (unpaired) electrons. The third-order valence-electron chi connectivity index (χ3n) is 2.94. The predicted molar refractivity (Wildman–Crippen MR) is 82.7 cm³/mol. The van der Waals surface area contributed by atoms with Crippen LogP contribution in [-0.2, 0) is 0 Å². The first kappa shape index (κ1) is 15.0. The Labute approximate surface area is 127 Å². The molecule has 1 atom stereocenters. The van der Waals surface area contributed by atoms with Crippen molar-refractivity contribution in [1.82, 2.24) is 5.32 Å². The zero-order valence-corrected chi connectivity index (χ0v) is 13.1. The molecule has 20 heavy (non-hydrogen) atoms. The molecule has 2 nitrogen and oxygen atoms in total. The highest BCUT2D eigenvalue weighted by Gasteiger charge is 2.06. The van der Waals surface area contributed by atoms with Crippen molar-refractivity contribution in [2.45, 2.75) is 19.9 Å². The summed E-state index contributed by atoms with van der Waals surface area (Å²) in [5.74, 6) is 0.849. The topological polar surface area (TPSA) is 21.3 Å². The lowest BCUT2D eigenvalue weighted by Gasteiger charge is -2.14. The Balaban J connectivity index is 2.19. The molecule has 0 aliphatic rings. The van der Waals surface area contributed by atoms with Crippen LogP contribution in [0.1, 0.15) is 25.5 Å². The molecule has 1 N–H and O–H groups in total. The van der Waals surface area contributed by atoms with E-state index in [0.717, 1.165) is 12.1 Å². The van der Waals surface area contributed by atoms with E-state index in [1.165, 1.54) is 12.1 Å². The Hall–Kier alpha value is -1.39. The molecule has 1 unspecified atom stereocenters. The fourth-order valence-corrected chi connectivity index (χ4v) is 2.44. The van der Waals surface area contributed by atoms with E-state index in [1.807, 2.05) is 24.3 Å². The van der Waals surface area contributed by atoms with Gasteiger partial charge in [0.1, 0.15) is 17.3 Å². The van der Waals surface area contributed by atoms with Crippen LogP contribution in [0.3, 0.4) is 0 Å². The van der Waals surface area contributed by atoms with Crippen LogP contribution in [0.5, 0.6) is 11.5 Å². The van der Waals surface area contributed by atoms with Crippen LogP contribution in [0.4, 0.5) is 4.39 Å². The van der Waals surface area contributed by atoms with Crippen LogP contribution in [-0.4, -0.2) is 6.54 Å². The second-order valence-electron chi connectivity index (χ2n) is 4.56. The second kappa shape index (κ2) is 6.86. The molecule has 2 rings (SSSR count). The van der Waals surface area contributed by atoms with Gasteiger partial charge in [0.05, 0.1) is 0 Å². The second-order valence-corrected chi connectivity index (χ2v) is 5.47. The smallest absolute Gasteiger partial charge is 0.131 e. The van der Waals surface area contributed by atoms with E-state index < -0.39 is 0 Å². The fourth-order valence-electron chi connectivity index (χ4n) is 1.99. The van der Waals surface area contributed by atoms with Gasteiger partial charge in [-0.2, -0.15) is 0 Å². The Morgan fingerprint density at radius 1 is 1.20 bits per heavy atom. The van der Waals surface area contributed by atoms with Crippen molar-refractivity contribution in [2.75, 3.05) is 6.54 Å². The summed E-state index contributed by atoms with van der Waals surface area (Å²) >= 11 is 3.25. The summed E-state index contributed by atoms with van der Waals surface area (Å²) in [5, 5.41) is 3.35. The van der Waals surface area contributed by atoms with Gasteiger partial charge in [-0.15, -0.1) is 0 Å². The summed E-state index contributed by atoms with van der Waals surface area (Å²) in [6.07, 6.45) is 0. The average Bonchev–Trinajstić information content (AvgIpc) is 2.38. The highest BCUT2D eigenvalue weighted by atomic mass is 79.9.